The van der Waals surface area contributed by atoms with Crippen molar-refractivity contribution < 1.29 is 4.74 Å². The molecule has 0 aliphatic heterocycles. The predicted molar refractivity (Wildman–Crippen MR) is 77.5 cm³/mol. The predicted octanol–water partition coefficient (Wildman–Crippen LogP) is 3.42. The zero-order valence-corrected chi connectivity index (χ0v) is 12.7. The van der Waals surface area contributed by atoms with E-state index in [1.807, 2.05) is 20.0 Å². The average molecular weight is 263 g/mol. The minimum atomic E-state index is 0.262. The van der Waals surface area contributed by atoms with Crippen LogP contribution in [0.3, 0.4) is 0 Å². The Kier molecular flexibility index (Phi) is 3.97. The lowest BCUT2D eigenvalue weighted by molar-refractivity contribution is 0.0532. The van der Waals surface area contributed by atoms with Crippen molar-refractivity contribution in [3.8, 4) is 5.88 Å². The van der Waals surface area contributed by atoms with Crippen LogP contribution in [0.1, 0.15) is 45.7 Å². The summed E-state index contributed by atoms with van der Waals surface area (Å²) in [6.45, 7) is 8.91. The zero-order valence-electron chi connectivity index (χ0n) is 12.7. The van der Waals surface area contributed by atoms with Gasteiger partial charge < -0.3 is 10.1 Å². The summed E-state index contributed by atoms with van der Waals surface area (Å²) in [6.07, 6.45) is 3.74. The molecular weight excluding hydrogens is 238 g/mol. The standard InChI is InChI=1S/C15H25N3O/c1-10-6-12(9-15(3,4)8-10)19-13-7-11(2)17-14(16-5)18-13/h7,10,12H,6,8-9H2,1-5H3,(H,16,17,18). The van der Waals surface area contributed by atoms with E-state index >= 15 is 0 Å². The van der Waals surface area contributed by atoms with Crippen LogP contribution in [0.25, 0.3) is 0 Å². The van der Waals surface area contributed by atoms with Gasteiger partial charge in [-0.3, -0.25) is 0 Å². The SMILES string of the molecule is CNc1nc(C)cc(OC2CC(C)CC(C)(C)C2)n1. The molecule has 1 aromatic rings. The largest absolute Gasteiger partial charge is 0.474 e. The van der Waals surface area contributed by atoms with Crippen LogP contribution in [-0.4, -0.2) is 23.1 Å². The second kappa shape index (κ2) is 5.35. The summed E-state index contributed by atoms with van der Waals surface area (Å²) in [5.74, 6) is 2.02. The van der Waals surface area contributed by atoms with E-state index in [1.165, 1.54) is 6.42 Å². The lowest BCUT2D eigenvalue weighted by atomic mass is 9.71. The fourth-order valence-electron chi connectivity index (χ4n) is 3.23. The Morgan fingerprint density at radius 3 is 2.68 bits per heavy atom. The van der Waals surface area contributed by atoms with Crippen LogP contribution in [0, 0.1) is 18.3 Å². The van der Waals surface area contributed by atoms with Gasteiger partial charge in [-0.25, -0.2) is 4.98 Å². The zero-order chi connectivity index (χ0) is 14.0. The molecule has 1 aliphatic carbocycles. The molecule has 19 heavy (non-hydrogen) atoms. The first-order chi connectivity index (χ1) is 8.88. The molecule has 1 aromatic heterocycles. The van der Waals surface area contributed by atoms with Crippen LogP contribution < -0.4 is 10.1 Å². The first kappa shape index (κ1) is 14.1. The monoisotopic (exact) mass is 263 g/mol. The van der Waals surface area contributed by atoms with Gasteiger partial charge in [-0.15, -0.1) is 0 Å². The topological polar surface area (TPSA) is 47.0 Å². The summed E-state index contributed by atoms with van der Waals surface area (Å²) in [5.41, 5.74) is 1.29. The fourth-order valence-corrected chi connectivity index (χ4v) is 3.23. The summed E-state index contributed by atoms with van der Waals surface area (Å²) in [6, 6.07) is 1.91. The van der Waals surface area contributed by atoms with Gasteiger partial charge >= 0.3 is 0 Å². The van der Waals surface area contributed by atoms with Gasteiger partial charge in [0.2, 0.25) is 11.8 Å². The molecule has 0 radical (unpaired) electrons. The van der Waals surface area contributed by atoms with Gasteiger partial charge in [0.1, 0.15) is 6.10 Å². The number of hydrogen-bond donors (Lipinski definition) is 1. The lowest BCUT2D eigenvalue weighted by Gasteiger charge is -2.38. The number of rotatable bonds is 3. The van der Waals surface area contributed by atoms with E-state index < -0.39 is 0 Å². The molecule has 1 aliphatic rings. The first-order valence-corrected chi connectivity index (χ1v) is 7.08. The summed E-state index contributed by atoms with van der Waals surface area (Å²) in [5, 5.41) is 2.97. The van der Waals surface area contributed by atoms with Gasteiger partial charge in [0.25, 0.3) is 0 Å². The fraction of sp³-hybridized carbons (Fsp3) is 0.733. The van der Waals surface area contributed by atoms with Crippen LogP contribution >= 0.6 is 0 Å². The molecule has 2 unspecified atom stereocenters. The summed E-state index contributed by atoms with van der Waals surface area (Å²) < 4.78 is 6.09. The van der Waals surface area contributed by atoms with E-state index in [4.69, 9.17) is 4.74 Å². The Labute approximate surface area is 116 Å². The third-order valence-electron chi connectivity index (χ3n) is 3.69. The Bertz CT molecular complexity index is 445. The van der Waals surface area contributed by atoms with Crippen molar-refractivity contribution in [3.05, 3.63) is 11.8 Å². The quantitative estimate of drug-likeness (QED) is 0.907. The Morgan fingerprint density at radius 2 is 2.05 bits per heavy atom. The lowest BCUT2D eigenvalue weighted by Crippen LogP contribution is -2.34. The normalized spacial score (nSPS) is 25.9. The van der Waals surface area contributed by atoms with Crippen molar-refractivity contribution in [1.82, 2.24) is 9.97 Å². The number of nitrogens with one attached hydrogen (secondary N) is 1. The molecule has 2 atom stereocenters. The van der Waals surface area contributed by atoms with Crippen LogP contribution in [0.2, 0.25) is 0 Å². The highest BCUT2D eigenvalue weighted by atomic mass is 16.5. The molecule has 1 saturated carbocycles. The van der Waals surface area contributed by atoms with Gasteiger partial charge in [0.05, 0.1) is 0 Å². The third-order valence-corrected chi connectivity index (χ3v) is 3.69. The van der Waals surface area contributed by atoms with E-state index in [0.29, 0.717) is 23.2 Å². The molecule has 4 nitrogen and oxygen atoms in total. The van der Waals surface area contributed by atoms with Crippen molar-refractivity contribution in [3.63, 3.8) is 0 Å². The Morgan fingerprint density at radius 1 is 1.32 bits per heavy atom. The van der Waals surface area contributed by atoms with Crippen LogP contribution in [0.4, 0.5) is 5.95 Å². The van der Waals surface area contributed by atoms with E-state index in [1.54, 1.807) is 0 Å². The minimum Gasteiger partial charge on any atom is -0.474 e. The molecule has 2 rings (SSSR count). The second-order valence-electron chi connectivity index (χ2n) is 6.57. The number of nitrogens with zero attached hydrogens (tertiary/aromatic N) is 2. The van der Waals surface area contributed by atoms with Gasteiger partial charge in [0, 0.05) is 18.8 Å². The highest BCUT2D eigenvalue weighted by Crippen LogP contribution is 2.39. The summed E-state index contributed by atoms with van der Waals surface area (Å²) in [4.78, 5) is 8.66. The smallest absolute Gasteiger partial charge is 0.225 e. The molecule has 0 saturated heterocycles. The van der Waals surface area contributed by atoms with E-state index in [0.717, 1.165) is 18.5 Å². The van der Waals surface area contributed by atoms with Crippen molar-refractivity contribution >= 4 is 5.95 Å². The van der Waals surface area contributed by atoms with E-state index in [2.05, 4.69) is 36.1 Å². The Hall–Kier alpha value is -1.32. The van der Waals surface area contributed by atoms with E-state index in [-0.39, 0.29) is 6.10 Å². The molecule has 4 heteroatoms. The van der Waals surface area contributed by atoms with Crippen LogP contribution in [-0.2, 0) is 0 Å². The maximum atomic E-state index is 6.09. The first-order valence-electron chi connectivity index (χ1n) is 7.08. The molecule has 0 bridgehead atoms. The molecule has 0 aromatic carbocycles. The molecular formula is C15H25N3O. The molecule has 106 valence electrons. The van der Waals surface area contributed by atoms with Crippen molar-refractivity contribution in [2.24, 2.45) is 11.3 Å². The van der Waals surface area contributed by atoms with Crippen LogP contribution in [0.15, 0.2) is 6.07 Å². The van der Waals surface area contributed by atoms with E-state index in [9.17, 15) is 0 Å². The second-order valence-corrected chi connectivity index (χ2v) is 6.57. The highest BCUT2D eigenvalue weighted by molar-refractivity contribution is 5.29. The summed E-state index contributed by atoms with van der Waals surface area (Å²) in [7, 11) is 1.82. The maximum Gasteiger partial charge on any atom is 0.225 e. The number of ether oxygens (including phenoxy) is 1. The van der Waals surface area contributed by atoms with Gasteiger partial charge in [-0.05, 0) is 37.5 Å². The third kappa shape index (κ3) is 3.82. The van der Waals surface area contributed by atoms with Gasteiger partial charge in [-0.2, -0.15) is 4.98 Å². The minimum absolute atomic E-state index is 0.262. The number of aryl methyl sites for hydroxylation is 1. The highest BCUT2D eigenvalue weighted by Gasteiger charge is 2.33. The van der Waals surface area contributed by atoms with Crippen LogP contribution in [0.5, 0.6) is 5.88 Å². The molecule has 0 spiro atoms. The van der Waals surface area contributed by atoms with Crippen molar-refractivity contribution in [2.45, 2.75) is 53.1 Å². The Balaban J connectivity index is 2.10. The molecule has 0 amide bonds. The summed E-state index contributed by atoms with van der Waals surface area (Å²) >= 11 is 0. The van der Waals surface area contributed by atoms with Crippen molar-refractivity contribution in [1.29, 1.82) is 0 Å². The maximum absolute atomic E-state index is 6.09. The number of aromatic nitrogens is 2. The number of anilines is 1. The van der Waals surface area contributed by atoms with Crippen molar-refractivity contribution in [2.75, 3.05) is 12.4 Å². The average Bonchev–Trinajstić information content (AvgIpc) is 2.24. The van der Waals surface area contributed by atoms with Gasteiger partial charge in [0.15, 0.2) is 0 Å². The number of hydrogen-bond acceptors (Lipinski definition) is 4. The van der Waals surface area contributed by atoms with Gasteiger partial charge in [-0.1, -0.05) is 20.8 Å². The molecule has 1 heterocycles. The molecule has 1 fully saturated rings. The molecule has 1 N–H and O–H groups in total.